The molecule has 6 nitrogen and oxygen atoms in total. The lowest BCUT2D eigenvalue weighted by Crippen LogP contribution is -2.54. The number of anilines is 1. The number of carbonyl (C=O) groups is 3. The van der Waals surface area contributed by atoms with Gasteiger partial charge in [0.2, 0.25) is 0 Å². The molecule has 6 heteroatoms. The van der Waals surface area contributed by atoms with Crippen LogP contribution in [0.15, 0.2) is 42.2 Å². The highest BCUT2D eigenvalue weighted by molar-refractivity contribution is 6.39. The van der Waals surface area contributed by atoms with E-state index in [0.717, 1.165) is 34.4 Å². The van der Waals surface area contributed by atoms with Crippen molar-refractivity contribution in [3.05, 3.63) is 58.9 Å². The molecule has 150 valence electrons. The van der Waals surface area contributed by atoms with Crippen LogP contribution in [0.25, 0.3) is 6.08 Å². The second kappa shape index (κ2) is 7.70. The third-order valence-corrected chi connectivity index (χ3v) is 5.89. The maximum absolute atomic E-state index is 13.0. The predicted molar refractivity (Wildman–Crippen MR) is 111 cm³/mol. The van der Waals surface area contributed by atoms with Gasteiger partial charge < -0.3 is 4.57 Å². The molecule has 1 saturated heterocycles. The zero-order valence-corrected chi connectivity index (χ0v) is 16.8. The molecule has 0 radical (unpaired) electrons. The number of imide groups is 2. The molecule has 1 N–H and O–H groups in total. The standard InChI is InChI=1S/C23H25N3O3/c1-15-8-9-19(12-16(15)2)26-22(28)20(21(27)24-23(26)29)13-17-10-11-25(14-17)18-6-4-3-5-7-18/h8-14,18H,3-7H2,1-2H3,(H,24,27,29)/b20-13-. The number of hydrogen-bond donors (Lipinski definition) is 1. The molecular weight excluding hydrogens is 366 g/mol. The van der Waals surface area contributed by atoms with Crippen LogP contribution in [0.2, 0.25) is 0 Å². The molecule has 2 aliphatic rings. The van der Waals surface area contributed by atoms with E-state index in [1.54, 1.807) is 18.2 Å². The predicted octanol–water partition coefficient (Wildman–Crippen LogP) is 4.28. The number of aromatic nitrogens is 1. The van der Waals surface area contributed by atoms with Crippen molar-refractivity contribution in [2.24, 2.45) is 0 Å². The Morgan fingerprint density at radius 3 is 2.48 bits per heavy atom. The second-order valence-corrected chi connectivity index (χ2v) is 7.91. The molecule has 2 fully saturated rings. The number of rotatable bonds is 3. The normalized spacial score (nSPS) is 19.7. The fourth-order valence-corrected chi connectivity index (χ4v) is 4.05. The molecule has 1 aliphatic carbocycles. The van der Waals surface area contributed by atoms with Crippen LogP contribution in [-0.4, -0.2) is 22.4 Å². The molecule has 4 amide bonds. The summed E-state index contributed by atoms with van der Waals surface area (Å²) in [4.78, 5) is 38.8. The first-order valence-electron chi connectivity index (χ1n) is 10.1. The van der Waals surface area contributed by atoms with Crippen LogP contribution in [0, 0.1) is 13.8 Å². The largest absolute Gasteiger partial charge is 0.351 e. The van der Waals surface area contributed by atoms with E-state index in [2.05, 4.69) is 9.88 Å². The molecule has 1 aromatic heterocycles. The van der Waals surface area contributed by atoms with Crippen molar-refractivity contribution < 1.29 is 14.4 Å². The average molecular weight is 391 g/mol. The number of aryl methyl sites for hydroxylation is 2. The first kappa shape index (κ1) is 19.2. The number of nitrogens with one attached hydrogen (secondary N) is 1. The van der Waals surface area contributed by atoms with Gasteiger partial charge in [-0.1, -0.05) is 25.3 Å². The topological polar surface area (TPSA) is 71.4 Å². The molecule has 0 bridgehead atoms. The van der Waals surface area contributed by atoms with Crippen molar-refractivity contribution in [2.75, 3.05) is 4.90 Å². The van der Waals surface area contributed by atoms with Crippen LogP contribution < -0.4 is 10.2 Å². The monoisotopic (exact) mass is 391 g/mol. The molecule has 2 aromatic rings. The van der Waals surface area contributed by atoms with E-state index in [-0.39, 0.29) is 5.57 Å². The van der Waals surface area contributed by atoms with E-state index >= 15 is 0 Å². The van der Waals surface area contributed by atoms with Crippen molar-refractivity contribution in [1.82, 2.24) is 9.88 Å². The molecule has 29 heavy (non-hydrogen) atoms. The molecule has 2 heterocycles. The smallest absolute Gasteiger partial charge is 0.335 e. The summed E-state index contributed by atoms with van der Waals surface area (Å²) in [6.45, 7) is 3.88. The molecule has 0 atom stereocenters. The van der Waals surface area contributed by atoms with Gasteiger partial charge in [-0.15, -0.1) is 0 Å². The Kier molecular flexibility index (Phi) is 5.09. The Bertz CT molecular complexity index is 1010. The molecule has 1 aliphatic heterocycles. The van der Waals surface area contributed by atoms with Gasteiger partial charge in [-0.2, -0.15) is 0 Å². The third kappa shape index (κ3) is 3.75. The number of nitrogens with zero attached hydrogens (tertiary/aromatic N) is 2. The first-order chi connectivity index (χ1) is 13.9. The summed E-state index contributed by atoms with van der Waals surface area (Å²) in [6, 6.07) is 7.00. The molecule has 0 unspecified atom stereocenters. The number of benzene rings is 1. The van der Waals surface area contributed by atoms with E-state index in [1.165, 1.54) is 19.3 Å². The minimum atomic E-state index is -0.722. The average Bonchev–Trinajstić information content (AvgIpc) is 3.17. The van der Waals surface area contributed by atoms with E-state index < -0.39 is 17.8 Å². The Hall–Kier alpha value is -3.15. The zero-order valence-electron chi connectivity index (χ0n) is 16.8. The van der Waals surface area contributed by atoms with Crippen molar-refractivity contribution in [2.45, 2.75) is 52.0 Å². The van der Waals surface area contributed by atoms with Gasteiger partial charge in [-0.05, 0) is 67.7 Å². The van der Waals surface area contributed by atoms with Crippen LogP contribution in [0.5, 0.6) is 0 Å². The fraction of sp³-hybridized carbons (Fsp3) is 0.348. The lowest BCUT2D eigenvalue weighted by Gasteiger charge is -2.26. The van der Waals surface area contributed by atoms with Crippen molar-refractivity contribution >= 4 is 29.6 Å². The third-order valence-electron chi connectivity index (χ3n) is 5.89. The number of barbiturate groups is 1. The van der Waals surface area contributed by atoms with Gasteiger partial charge in [0.25, 0.3) is 11.8 Å². The van der Waals surface area contributed by atoms with Gasteiger partial charge in [0.05, 0.1) is 5.69 Å². The molecule has 0 spiro atoms. The van der Waals surface area contributed by atoms with Crippen LogP contribution >= 0.6 is 0 Å². The highest BCUT2D eigenvalue weighted by Gasteiger charge is 2.37. The Balaban J connectivity index is 1.63. The van der Waals surface area contributed by atoms with Crippen molar-refractivity contribution in [3.63, 3.8) is 0 Å². The van der Waals surface area contributed by atoms with Gasteiger partial charge >= 0.3 is 6.03 Å². The van der Waals surface area contributed by atoms with Crippen LogP contribution in [0.1, 0.15) is 54.8 Å². The van der Waals surface area contributed by atoms with E-state index in [9.17, 15) is 14.4 Å². The summed E-state index contributed by atoms with van der Waals surface area (Å²) in [5, 5.41) is 2.28. The number of hydrogen-bond acceptors (Lipinski definition) is 3. The molecule has 1 saturated carbocycles. The summed E-state index contributed by atoms with van der Waals surface area (Å²) in [5.74, 6) is -1.27. The Morgan fingerprint density at radius 2 is 1.76 bits per heavy atom. The quantitative estimate of drug-likeness (QED) is 0.627. The van der Waals surface area contributed by atoms with Gasteiger partial charge in [-0.25, -0.2) is 9.69 Å². The Labute approximate surface area is 170 Å². The number of urea groups is 1. The van der Waals surface area contributed by atoms with Crippen LogP contribution in [-0.2, 0) is 9.59 Å². The van der Waals surface area contributed by atoms with Gasteiger partial charge in [0.15, 0.2) is 0 Å². The summed E-state index contributed by atoms with van der Waals surface area (Å²) in [7, 11) is 0. The van der Waals surface area contributed by atoms with E-state index in [1.807, 2.05) is 38.4 Å². The van der Waals surface area contributed by atoms with Gasteiger partial charge in [-0.3, -0.25) is 14.9 Å². The molecular formula is C23H25N3O3. The summed E-state index contributed by atoms with van der Waals surface area (Å²) < 4.78 is 2.17. The van der Waals surface area contributed by atoms with Gasteiger partial charge in [0.1, 0.15) is 5.57 Å². The summed E-state index contributed by atoms with van der Waals surface area (Å²) in [6.07, 6.45) is 11.6. The second-order valence-electron chi connectivity index (χ2n) is 7.91. The molecule has 1 aromatic carbocycles. The van der Waals surface area contributed by atoms with E-state index in [0.29, 0.717) is 11.7 Å². The number of carbonyl (C=O) groups excluding carboxylic acids is 3. The summed E-state index contributed by atoms with van der Waals surface area (Å²) >= 11 is 0. The van der Waals surface area contributed by atoms with Crippen LogP contribution in [0.4, 0.5) is 10.5 Å². The highest BCUT2D eigenvalue weighted by Crippen LogP contribution is 2.29. The van der Waals surface area contributed by atoms with Gasteiger partial charge in [0, 0.05) is 18.4 Å². The summed E-state index contributed by atoms with van der Waals surface area (Å²) in [5.41, 5.74) is 3.23. The number of amides is 4. The van der Waals surface area contributed by atoms with E-state index in [4.69, 9.17) is 0 Å². The maximum Gasteiger partial charge on any atom is 0.335 e. The highest BCUT2D eigenvalue weighted by atomic mass is 16.2. The maximum atomic E-state index is 13.0. The lowest BCUT2D eigenvalue weighted by atomic mass is 9.95. The molecule has 4 rings (SSSR count). The zero-order chi connectivity index (χ0) is 20.5. The minimum Gasteiger partial charge on any atom is -0.351 e. The fourth-order valence-electron chi connectivity index (χ4n) is 4.05. The van der Waals surface area contributed by atoms with Crippen molar-refractivity contribution in [3.8, 4) is 0 Å². The lowest BCUT2D eigenvalue weighted by molar-refractivity contribution is -0.122. The van der Waals surface area contributed by atoms with Crippen LogP contribution in [0.3, 0.4) is 0 Å². The SMILES string of the molecule is Cc1ccc(N2C(=O)NC(=O)/C(=C/c3ccn(C4CCCCC4)c3)C2=O)cc1C. The van der Waals surface area contributed by atoms with Crippen molar-refractivity contribution in [1.29, 1.82) is 0 Å². The Morgan fingerprint density at radius 1 is 1.00 bits per heavy atom. The minimum absolute atomic E-state index is 0.0378. The first-order valence-corrected chi connectivity index (χ1v) is 10.1.